The zero-order chi connectivity index (χ0) is 23.4. The SMILES string of the molecule is CC(C)CN(CC(C)C)S(=O)(=O)c1ccc(NC(=O)c2ccc(C(C)(C)C)cc2)cc1. The quantitative estimate of drug-likeness (QED) is 0.581. The van der Waals surface area contributed by atoms with Gasteiger partial charge in [0.15, 0.2) is 0 Å². The van der Waals surface area contributed by atoms with Gasteiger partial charge in [-0.1, -0.05) is 60.6 Å². The molecule has 0 bridgehead atoms. The molecule has 2 rings (SSSR count). The van der Waals surface area contributed by atoms with Crippen LogP contribution in [0.4, 0.5) is 5.69 Å². The Bertz CT molecular complexity index is 961. The highest BCUT2D eigenvalue weighted by Crippen LogP contribution is 2.23. The number of carbonyl (C=O) groups excluding carboxylic acids is 1. The van der Waals surface area contributed by atoms with Crippen LogP contribution in [0, 0.1) is 11.8 Å². The summed E-state index contributed by atoms with van der Waals surface area (Å²) < 4.78 is 27.8. The molecule has 170 valence electrons. The number of nitrogens with zero attached hydrogens (tertiary/aromatic N) is 1. The van der Waals surface area contributed by atoms with Gasteiger partial charge in [0.1, 0.15) is 0 Å². The molecule has 0 spiro atoms. The lowest BCUT2D eigenvalue weighted by Crippen LogP contribution is -2.37. The first kappa shape index (κ1) is 25.1. The summed E-state index contributed by atoms with van der Waals surface area (Å²) in [6.07, 6.45) is 0. The minimum absolute atomic E-state index is 0.0232. The second-order valence-corrected chi connectivity index (χ2v) is 11.9. The molecule has 1 amide bonds. The average molecular weight is 445 g/mol. The van der Waals surface area contributed by atoms with E-state index in [1.54, 1.807) is 28.6 Å². The zero-order valence-corrected chi connectivity index (χ0v) is 20.6. The van der Waals surface area contributed by atoms with E-state index in [-0.39, 0.29) is 28.1 Å². The van der Waals surface area contributed by atoms with Gasteiger partial charge in [-0.2, -0.15) is 4.31 Å². The van der Waals surface area contributed by atoms with Crippen LogP contribution in [0.1, 0.15) is 64.4 Å². The van der Waals surface area contributed by atoms with Gasteiger partial charge in [0.05, 0.1) is 4.90 Å². The number of anilines is 1. The Kier molecular flexibility index (Phi) is 8.06. The van der Waals surface area contributed by atoms with E-state index >= 15 is 0 Å². The van der Waals surface area contributed by atoms with E-state index in [1.165, 1.54) is 0 Å². The van der Waals surface area contributed by atoms with Gasteiger partial charge < -0.3 is 5.32 Å². The molecule has 0 saturated carbocycles. The van der Waals surface area contributed by atoms with Gasteiger partial charge in [-0.3, -0.25) is 4.79 Å². The zero-order valence-electron chi connectivity index (χ0n) is 19.8. The van der Waals surface area contributed by atoms with Crippen LogP contribution in [-0.2, 0) is 15.4 Å². The molecule has 0 saturated heterocycles. The number of carbonyl (C=O) groups is 1. The topological polar surface area (TPSA) is 66.5 Å². The van der Waals surface area contributed by atoms with E-state index in [9.17, 15) is 13.2 Å². The third kappa shape index (κ3) is 6.91. The molecule has 0 unspecified atom stereocenters. The summed E-state index contributed by atoms with van der Waals surface area (Å²) in [6, 6.07) is 13.9. The van der Waals surface area contributed by atoms with Crippen LogP contribution >= 0.6 is 0 Å². The molecule has 0 aromatic heterocycles. The number of nitrogens with one attached hydrogen (secondary N) is 1. The largest absolute Gasteiger partial charge is 0.322 e. The molecular weight excluding hydrogens is 408 g/mol. The van der Waals surface area contributed by atoms with Gasteiger partial charge in [0.2, 0.25) is 10.0 Å². The van der Waals surface area contributed by atoms with E-state index in [0.717, 1.165) is 5.56 Å². The molecule has 0 fully saturated rings. The molecule has 5 nitrogen and oxygen atoms in total. The molecule has 0 aliphatic carbocycles. The van der Waals surface area contributed by atoms with Gasteiger partial charge in [-0.25, -0.2) is 8.42 Å². The van der Waals surface area contributed by atoms with E-state index < -0.39 is 10.0 Å². The van der Waals surface area contributed by atoms with Crippen molar-refractivity contribution in [2.75, 3.05) is 18.4 Å². The molecular formula is C25H36N2O3S. The summed E-state index contributed by atoms with van der Waals surface area (Å²) in [4.78, 5) is 12.8. The highest BCUT2D eigenvalue weighted by molar-refractivity contribution is 7.89. The van der Waals surface area contributed by atoms with E-state index in [0.29, 0.717) is 24.3 Å². The Morgan fingerprint density at radius 2 is 1.35 bits per heavy atom. The molecule has 0 heterocycles. The van der Waals surface area contributed by atoms with Crippen molar-refractivity contribution in [2.24, 2.45) is 11.8 Å². The Labute approximate surface area is 187 Å². The summed E-state index contributed by atoms with van der Waals surface area (Å²) >= 11 is 0. The van der Waals surface area contributed by atoms with Crippen molar-refractivity contribution in [1.82, 2.24) is 4.31 Å². The maximum Gasteiger partial charge on any atom is 0.255 e. The number of sulfonamides is 1. The van der Waals surface area contributed by atoms with Crippen molar-refractivity contribution in [1.29, 1.82) is 0 Å². The van der Waals surface area contributed by atoms with Crippen LogP contribution in [0.5, 0.6) is 0 Å². The summed E-state index contributed by atoms with van der Waals surface area (Å²) in [5.41, 5.74) is 2.30. The molecule has 0 atom stereocenters. The lowest BCUT2D eigenvalue weighted by molar-refractivity contribution is 0.102. The van der Waals surface area contributed by atoms with Crippen LogP contribution in [0.25, 0.3) is 0 Å². The highest BCUT2D eigenvalue weighted by Gasteiger charge is 2.26. The Morgan fingerprint density at radius 1 is 0.871 bits per heavy atom. The normalized spacial score (nSPS) is 12.6. The fraction of sp³-hybridized carbons (Fsp3) is 0.480. The summed E-state index contributed by atoms with van der Waals surface area (Å²) in [5, 5.41) is 2.84. The van der Waals surface area contributed by atoms with Crippen molar-refractivity contribution in [2.45, 2.75) is 58.8 Å². The van der Waals surface area contributed by atoms with E-state index in [1.807, 2.05) is 52.0 Å². The number of hydrogen-bond donors (Lipinski definition) is 1. The fourth-order valence-electron chi connectivity index (χ4n) is 3.27. The first-order chi connectivity index (χ1) is 14.3. The fourth-order valence-corrected chi connectivity index (χ4v) is 5.04. The maximum absolute atomic E-state index is 13.1. The molecule has 2 aromatic rings. The van der Waals surface area contributed by atoms with Crippen LogP contribution in [0.15, 0.2) is 53.4 Å². The van der Waals surface area contributed by atoms with Crippen LogP contribution in [0.2, 0.25) is 0 Å². The predicted octanol–water partition coefficient (Wildman–Crippen LogP) is 5.54. The number of rotatable bonds is 8. The molecule has 2 aromatic carbocycles. The Morgan fingerprint density at radius 3 is 1.77 bits per heavy atom. The Balaban J connectivity index is 2.16. The van der Waals surface area contributed by atoms with Crippen molar-refractivity contribution in [3.8, 4) is 0 Å². The molecule has 6 heteroatoms. The van der Waals surface area contributed by atoms with Crippen LogP contribution in [-0.4, -0.2) is 31.7 Å². The van der Waals surface area contributed by atoms with Crippen molar-refractivity contribution >= 4 is 21.6 Å². The minimum Gasteiger partial charge on any atom is -0.322 e. The average Bonchev–Trinajstić information content (AvgIpc) is 2.66. The number of amides is 1. The van der Waals surface area contributed by atoms with Crippen molar-refractivity contribution in [3.63, 3.8) is 0 Å². The van der Waals surface area contributed by atoms with Gasteiger partial charge in [0.25, 0.3) is 5.91 Å². The second kappa shape index (κ2) is 9.96. The monoisotopic (exact) mass is 444 g/mol. The molecule has 1 N–H and O–H groups in total. The molecule has 31 heavy (non-hydrogen) atoms. The van der Waals surface area contributed by atoms with Gasteiger partial charge in [-0.15, -0.1) is 0 Å². The third-order valence-electron chi connectivity index (χ3n) is 4.90. The Hall–Kier alpha value is -2.18. The van der Waals surface area contributed by atoms with Gasteiger partial charge in [0, 0.05) is 24.3 Å². The number of hydrogen-bond acceptors (Lipinski definition) is 3. The van der Waals surface area contributed by atoms with Crippen molar-refractivity contribution < 1.29 is 13.2 Å². The second-order valence-electron chi connectivity index (χ2n) is 9.92. The summed E-state index contributed by atoms with van der Waals surface area (Å²) in [6.45, 7) is 15.4. The smallest absolute Gasteiger partial charge is 0.255 e. The minimum atomic E-state index is -3.59. The standard InChI is InChI=1S/C25H36N2O3S/c1-18(2)16-27(17-19(3)4)31(29,30)23-14-12-22(13-15-23)26-24(28)20-8-10-21(11-9-20)25(5,6)7/h8-15,18-19H,16-17H2,1-7H3,(H,26,28). The first-order valence-corrected chi connectivity index (χ1v) is 12.3. The molecule has 0 aliphatic heterocycles. The van der Waals surface area contributed by atoms with Crippen LogP contribution < -0.4 is 5.32 Å². The molecule has 0 aliphatic rings. The lowest BCUT2D eigenvalue weighted by atomic mass is 9.87. The third-order valence-corrected chi connectivity index (χ3v) is 6.75. The van der Waals surface area contributed by atoms with Crippen LogP contribution in [0.3, 0.4) is 0 Å². The molecule has 0 radical (unpaired) electrons. The van der Waals surface area contributed by atoms with Gasteiger partial charge in [-0.05, 0) is 59.2 Å². The summed E-state index contributed by atoms with van der Waals surface area (Å²) in [5.74, 6) is 0.242. The van der Waals surface area contributed by atoms with E-state index in [2.05, 4.69) is 26.1 Å². The number of benzene rings is 2. The van der Waals surface area contributed by atoms with E-state index in [4.69, 9.17) is 0 Å². The predicted molar refractivity (Wildman–Crippen MR) is 128 cm³/mol. The van der Waals surface area contributed by atoms with Crippen molar-refractivity contribution in [3.05, 3.63) is 59.7 Å². The maximum atomic E-state index is 13.1. The highest BCUT2D eigenvalue weighted by atomic mass is 32.2. The first-order valence-electron chi connectivity index (χ1n) is 10.8. The summed E-state index contributed by atoms with van der Waals surface area (Å²) in [7, 11) is -3.59. The van der Waals surface area contributed by atoms with Gasteiger partial charge >= 0.3 is 0 Å². The lowest BCUT2D eigenvalue weighted by Gasteiger charge is -2.25.